The van der Waals surface area contributed by atoms with Crippen molar-refractivity contribution >= 4 is 9.04 Å². The Kier molecular flexibility index (Phi) is 7.82. The van der Waals surface area contributed by atoms with Crippen LogP contribution in [0.2, 0.25) is 13.1 Å². The summed E-state index contributed by atoms with van der Waals surface area (Å²) in [7, 11) is -1.96. The lowest BCUT2D eigenvalue weighted by Gasteiger charge is -2.42. The van der Waals surface area contributed by atoms with Crippen LogP contribution in [0.3, 0.4) is 0 Å². The molecule has 0 unspecified atom stereocenters. The van der Waals surface area contributed by atoms with Crippen LogP contribution < -0.4 is 0 Å². The Morgan fingerprint density at radius 1 is 0.484 bits per heavy atom. The molecule has 0 atom stereocenters. The second-order valence-corrected chi connectivity index (χ2v) is 8.26. The molecule has 0 fully saturated rings. The van der Waals surface area contributed by atoms with Gasteiger partial charge in [0, 0.05) is 13.0 Å². The number of hydrogen-bond acceptors (Lipinski definition) is 1. The van der Waals surface area contributed by atoms with Crippen molar-refractivity contribution in [1.82, 2.24) is 0 Å². The van der Waals surface area contributed by atoms with Crippen molar-refractivity contribution in [3.8, 4) is 0 Å². The standard InChI is InChI=1S/C12H10F17OSi/c1-31(2)30-4-3-5(13,14)6(15,16)7(17,18)8(19,20)9(21,22)10(23,24)11(25,26)12(27,28)29/h3-4H2,1-2H3. The maximum atomic E-state index is 13.4. The van der Waals surface area contributed by atoms with Crippen LogP contribution in [0.15, 0.2) is 0 Å². The second kappa shape index (κ2) is 8.09. The van der Waals surface area contributed by atoms with Crippen molar-refractivity contribution in [2.45, 2.75) is 67.1 Å². The zero-order valence-corrected chi connectivity index (χ0v) is 15.7. The Morgan fingerprint density at radius 2 is 0.774 bits per heavy atom. The van der Waals surface area contributed by atoms with Crippen LogP contribution in [-0.2, 0) is 4.43 Å². The first kappa shape index (κ1) is 30.0. The predicted octanol–water partition coefficient (Wildman–Crippen LogP) is 6.65. The van der Waals surface area contributed by atoms with E-state index in [4.69, 9.17) is 0 Å². The third-order valence-electron chi connectivity index (χ3n) is 3.59. The van der Waals surface area contributed by atoms with Crippen LogP contribution in [0.4, 0.5) is 74.6 Å². The van der Waals surface area contributed by atoms with Gasteiger partial charge in [-0.3, -0.25) is 0 Å². The lowest BCUT2D eigenvalue weighted by molar-refractivity contribution is -0.461. The number of halogens is 17. The van der Waals surface area contributed by atoms with Crippen LogP contribution in [0.1, 0.15) is 6.42 Å². The molecule has 0 bridgehead atoms. The van der Waals surface area contributed by atoms with Gasteiger partial charge in [0.05, 0.1) is 0 Å². The van der Waals surface area contributed by atoms with Crippen molar-refractivity contribution in [3.63, 3.8) is 0 Å². The molecule has 0 aromatic rings. The normalized spacial score (nSPS) is 16.3. The Bertz CT molecular complexity index is 623. The predicted molar refractivity (Wildman–Crippen MR) is 68.7 cm³/mol. The lowest BCUT2D eigenvalue weighted by atomic mass is 9.88. The topological polar surface area (TPSA) is 9.23 Å². The molecule has 0 aliphatic heterocycles. The molecule has 0 spiro atoms. The SMILES string of the molecule is C[Si](C)OCCC(F)(F)C(F)(F)C(F)(F)C(F)(F)C(F)(F)C(F)(F)C(F)(F)C(F)(F)F. The van der Waals surface area contributed by atoms with Crippen molar-refractivity contribution in [2.24, 2.45) is 0 Å². The summed E-state index contributed by atoms with van der Waals surface area (Å²) < 4.78 is 225. The minimum absolute atomic E-state index is 1.19. The Labute approximate surface area is 163 Å². The summed E-state index contributed by atoms with van der Waals surface area (Å²) in [5.41, 5.74) is 0. The molecular formula is C12H10F17OSi. The summed E-state index contributed by atoms with van der Waals surface area (Å²) in [5, 5.41) is 0. The molecule has 0 saturated carbocycles. The Balaban J connectivity index is 6.43. The number of hydrogen-bond donors (Lipinski definition) is 0. The summed E-state index contributed by atoms with van der Waals surface area (Å²) in [5.74, 6) is -56.0. The van der Waals surface area contributed by atoms with Gasteiger partial charge in [0.15, 0.2) is 0 Å². The van der Waals surface area contributed by atoms with E-state index in [-0.39, 0.29) is 0 Å². The first-order valence-corrected chi connectivity index (χ1v) is 9.72. The van der Waals surface area contributed by atoms with Gasteiger partial charge < -0.3 is 4.43 Å². The molecule has 0 aliphatic rings. The van der Waals surface area contributed by atoms with E-state index in [0.717, 1.165) is 0 Å². The van der Waals surface area contributed by atoms with E-state index in [1.54, 1.807) is 0 Å². The smallest absolute Gasteiger partial charge is 0.417 e. The molecule has 0 aromatic carbocycles. The summed E-state index contributed by atoms with van der Waals surface area (Å²) >= 11 is 0. The fraction of sp³-hybridized carbons (Fsp3) is 1.00. The van der Waals surface area contributed by atoms with Gasteiger partial charge in [0.2, 0.25) is 9.04 Å². The molecule has 0 heterocycles. The first-order valence-electron chi connectivity index (χ1n) is 7.31. The van der Waals surface area contributed by atoms with E-state index in [1.807, 2.05) is 0 Å². The second-order valence-electron chi connectivity index (χ2n) is 6.16. The minimum Gasteiger partial charge on any atom is -0.417 e. The number of alkyl halides is 17. The van der Waals surface area contributed by atoms with Gasteiger partial charge in [-0.25, -0.2) is 0 Å². The molecule has 0 amide bonds. The highest BCUT2D eigenvalue weighted by Gasteiger charge is 2.95. The number of rotatable bonds is 10. The highest BCUT2D eigenvalue weighted by molar-refractivity contribution is 6.48. The van der Waals surface area contributed by atoms with E-state index < -0.39 is 69.7 Å². The van der Waals surface area contributed by atoms with Gasteiger partial charge in [-0.15, -0.1) is 0 Å². The summed E-state index contributed by atoms with van der Waals surface area (Å²) in [6.07, 6.45) is -10.3. The van der Waals surface area contributed by atoms with Crippen LogP contribution in [0.25, 0.3) is 0 Å². The minimum atomic E-state index is -8.60. The average Bonchev–Trinajstić information content (AvgIpc) is 2.51. The maximum absolute atomic E-state index is 13.4. The van der Waals surface area contributed by atoms with Gasteiger partial charge in [-0.05, 0) is 13.1 Å². The molecular weight excluding hydrogens is 511 g/mol. The lowest BCUT2D eigenvalue weighted by Crippen LogP contribution is -2.74. The van der Waals surface area contributed by atoms with E-state index in [0.29, 0.717) is 0 Å². The molecule has 0 rings (SSSR count). The molecule has 1 radical (unpaired) electrons. The summed E-state index contributed by atoms with van der Waals surface area (Å²) in [6, 6.07) is 0. The highest BCUT2D eigenvalue weighted by Crippen LogP contribution is 2.64. The summed E-state index contributed by atoms with van der Waals surface area (Å²) in [4.78, 5) is 0. The molecule has 19 heteroatoms. The quantitative estimate of drug-likeness (QED) is 0.231. The molecule has 31 heavy (non-hydrogen) atoms. The molecule has 0 aliphatic carbocycles. The Morgan fingerprint density at radius 3 is 1.06 bits per heavy atom. The van der Waals surface area contributed by atoms with E-state index in [9.17, 15) is 74.6 Å². The summed E-state index contributed by atoms with van der Waals surface area (Å²) in [6.45, 7) is 0.838. The van der Waals surface area contributed by atoms with Gasteiger partial charge in [-0.2, -0.15) is 74.6 Å². The van der Waals surface area contributed by atoms with E-state index in [2.05, 4.69) is 4.43 Å². The van der Waals surface area contributed by atoms with E-state index in [1.165, 1.54) is 13.1 Å². The Hall–Kier alpha value is -1.01. The van der Waals surface area contributed by atoms with Gasteiger partial charge in [-0.1, -0.05) is 0 Å². The van der Waals surface area contributed by atoms with Crippen molar-refractivity contribution in [1.29, 1.82) is 0 Å². The molecule has 1 nitrogen and oxygen atoms in total. The third kappa shape index (κ3) is 4.44. The monoisotopic (exact) mass is 521 g/mol. The van der Waals surface area contributed by atoms with Crippen LogP contribution in [-0.4, -0.2) is 63.3 Å². The van der Waals surface area contributed by atoms with E-state index >= 15 is 0 Å². The fourth-order valence-corrected chi connectivity index (χ4v) is 2.25. The maximum Gasteiger partial charge on any atom is 0.460 e. The van der Waals surface area contributed by atoms with Gasteiger partial charge in [0.1, 0.15) is 0 Å². The molecule has 0 N–H and O–H groups in total. The zero-order chi connectivity index (χ0) is 25.7. The molecule has 0 aromatic heterocycles. The van der Waals surface area contributed by atoms with Crippen LogP contribution >= 0.6 is 0 Å². The van der Waals surface area contributed by atoms with Crippen LogP contribution in [0, 0.1) is 0 Å². The van der Waals surface area contributed by atoms with Gasteiger partial charge in [0.25, 0.3) is 0 Å². The van der Waals surface area contributed by atoms with Crippen molar-refractivity contribution in [2.75, 3.05) is 6.61 Å². The zero-order valence-electron chi connectivity index (χ0n) is 14.7. The third-order valence-corrected chi connectivity index (χ3v) is 4.38. The highest BCUT2D eigenvalue weighted by atomic mass is 28.3. The van der Waals surface area contributed by atoms with Crippen molar-refractivity contribution < 1.29 is 79.1 Å². The molecule has 0 saturated heterocycles. The van der Waals surface area contributed by atoms with Gasteiger partial charge >= 0.3 is 47.6 Å². The molecule has 187 valence electrons. The fourth-order valence-electron chi connectivity index (χ4n) is 1.74. The average molecular weight is 521 g/mol. The van der Waals surface area contributed by atoms with Crippen LogP contribution in [0.5, 0.6) is 0 Å². The van der Waals surface area contributed by atoms with Crippen molar-refractivity contribution in [3.05, 3.63) is 0 Å². The largest absolute Gasteiger partial charge is 0.460 e. The first-order chi connectivity index (χ1) is 13.2.